The molecule has 0 unspecified atom stereocenters. The van der Waals surface area contributed by atoms with Crippen LogP contribution in [-0.4, -0.2) is 17.6 Å². The fraction of sp³-hybridized carbons (Fsp3) is 0.0417. The maximum atomic E-state index is 12.9. The molecule has 0 atom stereocenters. The molecule has 0 radical (unpaired) electrons. The fourth-order valence-corrected chi connectivity index (χ4v) is 2.95. The number of amides is 2. The number of Topliss-reactive ketones (excluding diaryl/α,β-unsaturated/α-hetero) is 1. The highest BCUT2D eigenvalue weighted by molar-refractivity contribution is 9.10. The Morgan fingerprint density at radius 3 is 2.17 bits per heavy atom. The van der Waals surface area contributed by atoms with Gasteiger partial charge in [0.15, 0.2) is 5.78 Å². The van der Waals surface area contributed by atoms with Crippen LogP contribution in [0, 0.1) is 0 Å². The second-order valence-electron chi connectivity index (χ2n) is 6.52. The molecule has 5 nitrogen and oxygen atoms in total. The molecule has 0 spiro atoms. The van der Waals surface area contributed by atoms with E-state index in [1.807, 2.05) is 30.3 Å². The molecular weight excluding hydrogens is 444 g/mol. The summed E-state index contributed by atoms with van der Waals surface area (Å²) in [7, 11) is 0. The first-order valence-corrected chi connectivity index (χ1v) is 9.98. The molecule has 0 saturated carbocycles. The topological polar surface area (TPSA) is 75.3 Å². The molecule has 3 aromatic carbocycles. The summed E-state index contributed by atoms with van der Waals surface area (Å²) in [5.74, 6) is -0.997. The van der Waals surface area contributed by atoms with Crippen molar-refractivity contribution in [3.05, 3.63) is 106 Å². The SMILES string of the molecule is CC(=O)c1cccc(NC(=O)C(=Cc2ccc(Br)cc2)NC(=O)c2ccccc2)c1. The Balaban J connectivity index is 1.89. The number of rotatable bonds is 6. The predicted molar refractivity (Wildman–Crippen MR) is 121 cm³/mol. The molecule has 2 amide bonds. The van der Waals surface area contributed by atoms with E-state index in [4.69, 9.17) is 0 Å². The van der Waals surface area contributed by atoms with Crippen LogP contribution in [0.1, 0.15) is 33.2 Å². The predicted octanol–water partition coefficient (Wildman–Crippen LogP) is 5.06. The van der Waals surface area contributed by atoms with Gasteiger partial charge in [-0.2, -0.15) is 0 Å². The molecule has 0 saturated heterocycles. The molecule has 0 aliphatic carbocycles. The van der Waals surface area contributed by atoms with Crippen molar-refractivity contribution in [3.63, 3.8) is 0 Å². The molecule has 0 fully saturated rings. The van der Waals surface area contributed by atoms with Gasteiger partial charge in [-0.15, -0.1) is 0 Å². The van der Waals surface area contributed by atoms with E-state index in [1.165, 1.54) is 6.92 Å². The summed E-state index contributed by atoms with van der Waals surface area (Å²) in [6.07, 6.45) is 1.59. The first kappa shape index (κ1) is 21.2. The standard InChI is InChI=1S/C24H19BrN2O3/c1-16(28)19-8-5-9-21(15-19)26-24(30)22(14-17-10-12-20(25)13-11-17)27-23(29)18-6-3-2-4-7-18/h2-15H,1H3,(H,26,30)(H,27,29). The normalized spacial score (nSPS) is 10.9. The molecular formula is C24H19BrN2O3. The number of anilines is 1. The number of halogens is 1. The molecule has 0 aliphatic heterocycles. The van der Waals surface area contributed by atoms with Crippen molar-refractivity contribution >= 4 is 45.3 Å². The van der Waals surface area contributed by atoms with Gasteiger partial charge >= 0.3 is 0 Å². The Bertz CT molecular complexity index is 1110. The summed E-state index contributed by atoms with van der Waals surface area (Å²) in [5.41, 5.74) is 2.21. The number of carbonyl (C=O) groups excluding carboxylic acids is 3. The second kappa shape index (κ2) is 9.80. The maximum absolute atomic E-state index is 12.9. The van der Waals surface area contributed by atoms with Gasteiger partial charge in [-0.25, -0.2) is 0 Å². The monoisotopic (exact) mass is 462 g/mol. The highest BCUT2D eigenvalue weighted by Crippen LogP contribution is 2.16. The van der Waals surface area contributed by atoms with E-state index in [1.54, 1.807) is 54.6 Å². The Morgan fingerprint density at radius 2 is 1.50 bits per heavy atom. The third-order valence-corrected chi connectivity index (χ3v) is 4.77. The minimum Gasteiger partial charge on any atom is -0.321 e. The highest BCUT2D eigenvalue weighted by Gasteiger charge is 2.15. The third kappa shape index (κ3) is 5.75. The molecule has 150 valence electrons. The maximum Gasteiger partial charge on any atom is 0.272 e. The first-order valence-electron chi connectivity index (χ1n) is 9.18. The van der Waals surface area contributed by atoms with Crippen LogP contribution in [-0.2, 0) is 4.79 Å². The largest absolute Gasteiger partial charge is 0.321 e. The van der Waals surface area contributed by atoms with Gasteiger partial charge in [0.2, 0.25) is 0 Å². The van der Waals surface area contributed by atoms with Crippen LogP contribution in [0.15, 0.2) is 89.0 Å². The smallest absolute Gasteiger partial charge is 0.272 e. The van der Waals surface area contributed by atoms with E-state index >= 15 is 0 Å². The summed E-state index contributed by atoms with van der Waals surface area (Å²) >= 11 is 3.38. The molecule has 30 heavy (non-hydrogen) atoms. The van der Waals surface area contributed by atoms with Gasteiger partial charge < -0.3 is 10.6 Å². The number of carbonyl (C=O) groups is 3. The van der Waals surface area contributed by atoms with Crippen molar-refractivity contribution in [2.45, 2.75) is 6.92 Å². The third-order valence-electron chi connectivity index (χ3n) is 4.24. The van der Waals surface area contributed by atoms with Crippen LogP contribution in [0.5, 0.6) is 0 Å². The van der Waals surface area contributed by atoms with Crippen molar-refractivity contribution in [1.82, 2.24) is 5.32 Å². The fourth-order valence-electron chi connectivity index (χ4n) is 2.68. The Hall–Kier alpha value is -3.51. The Morgan fingerprint density at radius 1 is 0.833 bits per heavy atom. The molecule has 3 aromatic rings. The zero-order valence-electron chi connectivity index (χ0n) is 16.2. The molecule has 0 heterocycles. The van der Waals surface area contributed by atoms with Crippen molar-refractivity contribution in [2.75, 3.05) is 5.32 Å². The van der Waals surface area contributed by atoms with E-state index in [-0.39, 0.29) is 11.5 Å². The minimum atomic E-state index is -0.497. The number of nitrogens with one attached hydrogen (secondary N) is 2. The molecule has 0 aliphatic rings. The van der Waals surface area contributed by atoms with E-state index in [2.05, 4.69) is 26.6 Å². The van der Waals surface area contributed by atoms with Crippen LogP contribution in [0.3, 0.4) is 0 Å². The number of ketones is 1. The molecule has 2 N–H and O–H groups in total. The van der Waals surface area contributed by atoms with Gasteiger partial charge in [0.05, 0.1) is 0 Å². The summed E-state index contributed by atoms with van der Waals surface area (Å²) < 4.78 is 0.903. The van der Waals surface area contributed by atoms with Crippen LogP contribution < -0.4 is 10.6 Å². The van der Waals surface area contributed by atoms with Crippen molar-refractivity contribution in [2.24, 2.45) is 0 Å². The van der Waals surface area contributed by atoms with Crippen molar-refractivity contribution in [1.29, 1.82) is 0 Å². The molecule has 6 heteroatoms. The first-order chi connectivity index (χ1) is 14.4. The van der Waals surface area contributed by atoms with E-state index in [0.717, 1.165) is 10.0 Å². The molecule has 0 bridgehead atoms. The Labute approximate surface area is 182 Å². The number of hydrogen-bond acceptors (Lipinski definition) is 3. The summed E-state index contributed by atoms with van der Waals surface area (Å²) in [6.45, 7) is 1.46. The second-order valence-corrected chi connectivity index (χ2v) is 7.44. The van der Waals surface area contributed by atoms with Gasteiger partial charge in [0.25, 0.3) is 11.8 Å². The lowest BCUT2D eigenvalue weighted by atomic mass is 10.1. The van der Waals surface area contributed by atoms with Gasteiger partial charge in [0, 0.05) is 21.3 Å². The number of benzene rings is 3. The van der Waals surface area contributed by atoms with Gasteiger partial charge in [-0.05, 0) is 55.0 Å². The van der Waals surface area contributed by atoms with Crippen LogP contribution in [0.4, 0.5) is 5.69 Å². The summed E-state index contributed by atoms with van der Waals surface area (Å²) in [6, 6.07) is 22.6. The average Bonchev–Trinajstić information content (AvgIpc) is 2.75. The van der Waals surface area contributed by atoms with Gasteiger partial charge in [-0.1, -0.05) is 58.4 Å². The molecule has 0 aromatic heterocycles. The summed E-state index contributed by atoms with van der Waals surface area (Å²) in [5, 5.41) is 5.43. The Kier molecular flexibility index (Phi) is 6.93. The summed E-state index contributed by atoms with van der Waals surface area (Å²) in [4.78, 5) is 37.2. The van der Waals surface area contributed by atoms with Crippen LogP contribution in [0.2, 0.25) is 0 Å². The quantitative estimate of drug-likeness (QED) is 0.396. The van der Waals surface area contributed by atoms with Gasteiger partial charge in [0.1, 0.15) is 5.70 Å². The highest BCUT2D eigenvalue weighted by atomic mass is 79.9. The van der Waals surface area contributed by atoms with Crippen molar-refractivity contribution in [3.8, 4) is 0 Å². The van der Waals surface area contributed by atoms with Gasteiger partial charge in [-0.3, -0.25) is 14.4 Å². The lowest BCUT2D eigenvalue weighted by Gasteiger charge is -2.12. The average molecular weight is 463 g/mol. The zero-order chi connectivity index (χ0) is 21.5. The van der Waals surface area contributed by atoms with E-state index in [0.29, 0.717) is 16.8 Å². The van der Waals surface area contributed by atoms with Crippen LogP contribution >= 0.6 is 15.9 Å². The number of hydrogen-bond donors (Lipinski definition) is 2. The lowest BCUT2D eigenvalue weighted by molar-refractivity contribution is -0.113. The lowest BCUT2D eigenvalue weighted by Crippen LogP contribution is -2.30. The van der Waals surface area contributed by atoms with Crippen molar-refractivity contribution < 1.29 is 14.4 Å². The zero-order valence-corrected chi connectivity index (χ0v) is 17.8. The van der Waals surface area contributed by atoms with E-state index in [9.17, 15) is 14.4 Å². The van der Waals surface area contributed by atoms with Crippen LogP contribution in [0.25, 0.3) is 6.08 Å². The van der Waals surface area contributed by atoms with E-state index < -0.39 is 11.8 Å². The minimum absolute atomic E-state index is 0.0828. The molecule has 3 rings (SSSR count).